The molecule has 0 bridgehead atoms. The van der Waals surface area contributed by atoms with Crippen LogP contribution in [0.25, 0.3) is 10.9 Å². The van der Waals surface area contributed by atoms with Gasteiger partial charge in [0.15, 0.2) is 5.82 Å². The van der Waals surface area contributed by atoms with Crippen molar-refractivity contribution in [3.8, 4) is 0 Å². The van der Waals surface area contributed by atoms with Gasteiger partial charge in [0.25, 0.3) is 11.8 Å². The monoisotopic (exact) mass is 511 g/mol. The van der Waals surface area contributed by atoms with Crippen LogP contribution in [0.5, 0.6) is 0 Å². The summed E-state index contributed by atoms with van der Waals surface area (Å²) in [4.78, 5) is 31.9. The van der Waals surface area contributed by atoms with E-state index in [1.165, 1.54) is 11.8 Å². The standard InChI is InChI=1S/C26H24F3N5O3/c1-14-6-8-18-16(11-14)7-9-19(30-18)24(35)31-22-12-20(32-33-22)21-5-3-4-10-34(21)25(36)23-15(2)37-13-17(23)26(27,28)29/h6-9,11-13,21H,3-5,10H2,1-2H3,(H2,31,32,33,35). The van der Waals surface area contributed by atoms with Crippen LogP contribution in [0.1, 0.15) is 68.7 Å². The Labute approximate surface area is 209 Å². The fraction of sp³-hybridized carbons (Fsp3) is 0.308. The fourth-order valence-electron chi connectivity index (χ4n) is 4.69. The van der Waals surface area contributed by atoms with Crippen LogP contribution >= 0.6 is 0 Å². The molecule has 37 heavy (non-hydrogen) atoms. The van der Waals surface area contributed by atoms with Crippen LogP contribution in [-0.2, 0) is 6.18 Å². The lowest BCUT2D eigenvalue weighted by Crippen LogP contribution is -2.39. The van der Waals surface area contributed by atoms with Crippen LogP contribution in [0, 0.1) is 13.8 Å². The second-order valence-corrected chi connectivity index (χ2v) is 9.14. The van der Waals surface area contributed by atoms with Gasteiger partial charge in [0.2, 0.25) is 0 Å². The summed E-state index contributed by atoms with van der Waals surface area (Å²) in [6.45, 7) is 3.60. The molecular formula is C26H24F3N5O3. The number of aryl methyl sites for hydroxylation is 2. The minimum Gasteiger partial charge on any atom is -0.468 e. The van der Waals surface area contributed by atoms with Gasteiger partial charge in [0.1, 0.15) is 23.3 Å². The van der Waals surface area contributed by atoms with Gasteiger partial charge in [-0.2, -0.15) is 18.3 Å². The normalized spacial score (nSPS) is 16.2. The van der Waals surface area contributed by atoms with E-state index in [2.05, 4.69) is 20.5 Å². The number of furan rings is 1. The molecule has 1 unspecified atom stereocenters. The van der Waals surface area contributed by atoms with Crippen molar-refractivity contribution in [3.05, 3.63) is 76.5 Å². The van der Waals surface area contributed by atoms with Gasteiger partial charge in [-0.15, -0.1) is 0 Å². The molecule has 1 fully saturated rings. The Kier molecular flexibility index (Phi) is 6.22. The molecule has 11 heteroatoms. The Morgan fingerprint density at radius 2 is 1.95 bits per heavy atom. The summed E-state index contributed by atoms with van der Waals surface area (Å²) in [6.07, 6.45) is -2.16. The number of piperidine rings is 1. The van der Waals surface area contributed by atoms with Gasteiger partial charge < -0.3 is 14.6 Å². The number of halogens is 3. The molecule has 1 aliphatic heterocycles. The number of pyridine rings is 1. The number of carbonyl (C=O) groups excluding carboxylic acids is 2. The summed E-state index contributed by atoms with van der Waals surface area (Å²) in [5.74, 6) is -1.07. The van der Waals surface area contributed by atoms with Crippen LogP contribution in [0.4, 0.5) is 19.0 Å². The quantitative estimate of drug-likeness (QED) is 0.360. The summed E-state index contributed by atoms with van der Waals surface area (Å²) in [5, 5.41) is 10.6. The van der Waals surface area contributed by atoms with E-state index in [-0.39, 0.29) is 23.8 Å². The molecule has 1 aliphatic rings. The van der Waals surface area contributed by atoms with Crippen LogP contribution < -0.4 is 5.32 Å². The van der Waals surface area contributed by atoms with E-state index in [1.54, 1.807) is 12.1 Å². The Morgan fingerprint density at radius 1 is 1.14 bits per heavy atom. The van der Waals surface area contributed by atoms with Gasteiger partial charge in [-0.25, -0.2) is 4.98 Å². The average Bonchev–Trinajstić information content (AvgIpc) is 3.49. The molecule has 8 nitrogen and oxygen atoms in total. The molecule has 2 N–H and O–H groups in total. The number of aromatic amines is 1. The number of amides is 2. The number of H-pyrrole nitrogens is 1. The number of rotatable bonds is 4. The first-order valence-electron chi connectivity index (χ1n) is 11.8. The number of hydrogen-bond donors (Lipinski definition) is 2. The minimum absolute atomic E-state index is 0.0859. The maximum atomic E-state index is 13.5. The number of alkyl halides is 3. The van der Waals surface area contributed by atoms with Gasteiger partial charge in [-0.3, -0.25) is 14.7 Å². The third kappa shape index (κ3) is 4.81. The molecule has 0 saturated carbocycles. The molecule has 2 amide bonds. The summed E-state index contributed by atoms with van der Waals surface area (Å²) < 4.78 is 45.4. The zero-order valence-electron chi connectivity index (χ0n) is 20.1. The number of nitrogens with zero attached hydrogens (tertiary/aromatic N) is 3. The summed E-state index contributed by atoms with van der Waals surface area (Å²) in [6, 6.07) is 10.2. The van der Waals surface area contributed by atoms with Gasteiger partial charge >= 0.3 is 6.18 Å². The number of fused-ring (bicyclic) bond motifs is 1. The van der Waals surface area contributed by atoms with E-state index in [0.29, 0.717) is 30.3 Å². The minimum atomic E-state index is -4.71. The SMILES string of the molecule is Cc1ccc2nc(C(=O)Nc3cc(C4CCCCN4C(=O)c4c(C(F)(F)F)coc4C)[nH]n3)ccc2c1. The predicted molar refractivity (Wildman–Crippen MR) is 129 cm³/mol. The zero-order chi connectivity index (χ0) is 26.3. The molecule has 0 radical (unpaired) electrons. The number of nitrogens with one attached hydrogen (secondary N) is 2. The molecule has 4 aromatic rings. The molecule has 3 aromatic heterocycles. The Bertz CT molecular complexity index is 1490. The number of likely N-dealkylation sites (tertiary alicyclic amines) is 1. The number of anilines is 1. The predicted octanol–water partition coefficient (Wildman–Crippen LogP) is 5.81. The van der Waals surface area contributed by atoms with E-state index >= 15 is 0 Å². The van der Waals surface area contributed by atoms with Crippen molar-refractivity contribution in [3.63, 3.8) is 0 Å². The largest absolute Gasteiger partial charge is 0.468 e. The zero-order valence-corrected chi connectivity index (χ0v) is 20.1. The molecule has 192 valence electrons. The third-order valence-corrected chi connectivity index (χ3v) is 6.53. The molecule has 5 rings (SSSR count). The molecule has 0 aliphatic carbocycles. The molecule has 4 heterocycles. The van der Waals surface area contributed by atoms with Gasteiger partial charge in [0.05, 0.1) is 22.8 Å². The van der Waals surface area contributed by atoms with E-state index < -0.39 is 35.2 Å². The average molecular weight is 512 g/mol. The Balaban J connectivity index is 1.36. The number of carbonyl (C=O) groups is 2. The van der Waals surface area contributed by atoms with Crippen LogP contribution in [0.3, 0.4) is 0 Å². The molecular weight excluding hydrogens is 487 g/mol. The van der Waals surface area contributed by atoms with Crippen molar-refractivity contribution in [1.82, 2.24) is 20.1 Å². The summed E-state index contributed by atoms with van der Waals surface area (Å²) >= 11 is 0. The lowest BCUT2D eigenvalue weighted by molar-refractivity contribution is -0.138. The van der Waals surface area contributed by atoms with Crippen molar-refractivity contribution < 1.29 is 27.2 Å². The van der Waals surface area contributed by atoms with Crippen molar-refractivity contribution in [2.45, 2.75) is 45.3 Å². The lowest BCUT2D eigenvalue weighted by Gasteiger charge is -2.35. The highest BCUT2D eigenvalue weighted by Crippen LogP contribution is 2.38. The first-order chi connectivity index (χ1) is 17.6. The van der Waals surface area contributed by atoms with Crippen molar-refractivity contribution in [2.24, 2.45) is 0 Å². The second-order valence-electron chi connectivity index (χ2n) is 9.14. The van der Waals surface area contributed by atoms with E-state index in [1.807, 2.05) is 31.2 Å². The maximum Gasteiger partial charge on any atom is 0.420 e. The van der Waals surface area contributed by atoms with Crippen molar-refractivity contribution >= 4 is 28.5 Å². The molecule has 1 saturated heterocycles. The molecule has 1 atom stereocenters. The maximum absolute atomic E-state index is 13.5. The topological polar surface area (TPSA) is 104 Å². The highest BCUT2D eigenvalue weighted by Gasteiger charge is 2.41. The van der Waals surface area contributed by atoms with Crippen LogP contribution in [0.2, 0.25) is 0 Å². The Hall–Kier alpha value is -4.15. The van der Waals surface area contributed by atoms with Crippen molar-refractivity contribution in [2.75, 3.05) is 11.9 Å². The lowest BCUT2D eigenvalue weighted by atomic mass is 9.97. The number of aromatic nitrogens is 3. The summed E-state index contributed by atoms with van der Waals surface area (Å²) in [7, 11) is 0. The highest BCUT2D eigenvalue weighted by atomic mass is 19.4. The smallest absolute Gasteiger partial charge is 0.420 e. The van der Waals surface area contributed by atoms with E-state index in [0.717, 1.165) is 17.4 Å². The Morgan fingerprint density at radius 3 is 2.73 bits per heavy atom. The third-order valence-electron chi connectivity index (χ3n) is 6.53. The van der Waals surface area contributed by atoms with Gasteiger partial charge in [-0.1, -0.05) is 17.7 Å². The molecule has 1 aromatic carbocycles. The second kappa shape index (κ2) is 9.38. The first kappa shape index (κ1) is 24.5. The van der Waals surface area contributed by atoms with Crippen LogP contribution in [-0.4, -0.2) is 38.4 Å². The van der Waals surface area contributed by atoms with Gasteiger partial charge in [-0.05, 0) is 51.3 Å². The molecule has 0 spiro atoms. The number of benzene rings is 1. The van der Waals surface area contributed by atoms with Crippen LogP contribution in [0.15, 0.2) is 47.1 Å². The number of hydrogen-bond acceptors (Lipinski definition) is 5. The summed E-state index contributed by atoms with van der Waals surface area (Å²) in [5.41, 5.74) is 0.930. The highest BCUT2D eigenvalue weighted by molar-refractivity contribution is 6.03. The van der Waals surface area contributed by atoms with Gasteiger partial charge in [0, 0.05) is 18.0 Å². The van der Waals surface area contributed by atoms with E-state index in [4.69, 9.17) is 4.42 Å². The van der Waals surface area contributed by atoms with Crippen molar-refractivity contribution in [1.29, 1.82) is 0 Å². The van der Waals surface area contributed by atoms with E-state index in [9.17, 15) is 22.8 Å². The fourth-order valence-corrected chi connectivity index (χ4v) is 4.69. The first-order valence-corrected chi connectivity index (χ1v) is 11.8.